The van der Waals surface area contributed by atoms with Gasteiger partial charge in [0.05, 0.1) is 11.7 Å². The molecule has 4 aromatic heterocycles. The fourth-order valence-electron chi connectivity index (χ4n) is 5.34. The van der Waals surface area contributed by atoms with Crippen LogP contribution in [0.1, 0.15) is 34.0 Å². The molecule has 1 N–H and O–H groups in total. The van der Waals surface area contributed by atoms with Crippen LogP contribution in [0.3, 0.4) is 0 Å². The molecule has 0 saturated carbocycles. The molecular formula is C31H31N7O2. The number of benzene rings is 1. The monoisotopic (exact) mass is 533 g/mol. The van der Waals surface area contributed by atoms with Gasteiger partial charge in [-0.1, -0.05) is 18.2 Å². The predicted octanol–water partition coefficient (Wildman–Crippen LogP) is 4.13. The SMILES string of the molecule is CN(C)C/C=C/C(=O)Cc1ccc(C(=O)N2CCC(c3cc4c(-c5cnn6ncccc56)ccnc4[nH]3)C2)cc1. The number of carbonyl (C=O) groups excluding carboxylic acids is 2. The molecule has 5 aromatic rings. The molecule has 1 saturated heterocycles. The number of nitrogens with one attached hydrogen (secondary N) is 1. The minimum atomic E-state index is 0.0139. The van der Waals surface area contributed by atoms with E-state index in [1.54, 1.807) is 23.1 Å². The Bertz CT molecular complexity index is 1710. The minimum Gasteiger partial charge on any atom is -0.343 e. The van der Waals surface area contributed by atoms with E-state index in [4.69, 9.17) is 0 Å². The van der Waals surface area contributed by atoms with Crippen LogP contribution in [0, 0.1) is 0 Å². The van der Waals surface area contributed by atoms with Gasteiger partial charge in [0.15, 0.2) is 5.78 Å². The molecule has 1 aliphatic rings. The maximum absolute atomic E-state index is 13.3. The highest BCUT2D eigenvalue weighted by molar-refractivity contribution is 5.98. The summed E-state index contributed by atoms with van der Waals surface area (Å²) in [5.41, 5.74) is 6.43. The van der Waals surface area contributed by atoms with Gasteiger partial charge >= 0.3 is 0 Å². The Morgan fingerprint density at radius 1 is 1.07 bits per heavy atom. The highest BCUT2D eigenvalue weighted by Gasteiger charge is 2.29. The maximum Gasteiger partial charge on any atom is 0.253 e. The van der Waals surface area contributed by atoms with Crippen LogP contribution in [0.4, 0.5) is 0 Å². The Morgan fingerprint density at radius 2 is 1.93 bits per heavy atom. The number of nitrogens with zero attached hydrogens (tertiary/aromatic N) is 6. The lowest BCUT2D eigenvalue weighted by molar-refractivity contribution is -0.114. The van der Waals surface area contributed by atoms with E-state index >= 15 is 0 Å². The maximum atomic E-state index is 13.3. The van der Waals surface area contributed by atoms with Crippen molar-refractivity contribution in [2.75, 3.05) is 33.7 Å². The molecule has 202 valence electrons. The number of aromatic nitrogens is 5. The van der Waals surface area contributed by atoms with Crippen LogP contribution in [0.2, 0.25) is 0 Å². The second-order valence-electron chi connectivity index (χ2n) is 10.5. The van der Waals surface area contributed by atoms with E-state index in [-0.39, 0.29) is 17.6 Å². The zero-order valence-electron chi connectivity index (χ0n) is 22.6. The average molecular weight is 534 g/mol. The number of ketones is 1. The van der Waals surface area contributed by atoms with Gasteiger partial charge < -0.3 is 14.8 Å². The number of aromatic amines is 1. The molecule has 5 heterocycles. The number of rotatable bonds is 8. The number of allylic oxidation sites excluding steroid dienone is 1. The molecule has 1 unspecified atom stereocenters. The zero-order valence-corrected chi connectivity index (χ0v) is 22.6. The van der Waals surface area contributed by atoms with Gasteiger partial charge in [-0.3, -0.25) is 9.59 Å². The number of likely N-dealkylation sites (tertiary alicyclic amines) is 1. The van der Waals surface area contributed by atoms with E-state index in [1.165, 1.54) is 0 Å². The van der Waals surface area contributed by atoms with Crippen molar-refractivity contribution in [1.82, 2.24) is 34.6 Å². The summed E-state index contributed by atoms with van der Waals surface area (Å²) in [5, 5.41) is 9.71. The number of pyridine rings is 1. The highest BCUT2D eigenvalue weighted by Crippen LogP contribution is 2.35. The summed E-state index contributed by atoms with van der Waals surface area (Å²) in [6, 6.07) is 15.5. The number of fused-ring (bicyclic) bond motifs is 2. The Labute approximate surface area is 232 Å². The van der Waals surface area contributed by atoms with Crippen LogP contribution < -0.4 is 0 Å². The van der Waals surface area contributed by atoms with Crippen molar-refractivity contribution in [3.05, 3.63) is 96.1 Å². The third kappa shape index (κ3) is 5.15. The summed E-state index contributed by atoms with van der Waals surface area (Å²) in [4.78, 5) is 37.5. The molecule has 1 fully saturated rings. The highest BCUT2D eigenvalue weighted by atomic mass is 16.2. The summed E-state index contributed by atoms with van der Waals surface area (Å²) in [5.74, 6) is 0.264. The molecule has 9 heteroatoms. The standard InChI is InChI=1S/C31H31N7O2/c1-36(2)15-4-5-24(39)17-21-7-9-22(10-8-21)31(40)37-16-12-23(20-37)28-18-26-25(11-14-32-30(26)35-28)27-19-34-38-29(27)6-3-13-33-38/h3-11,13-14,18-19,23H,12,15-17,20H2,1-2H3,(H,32,35)/b5-4+. The van der Waals surface area contributed by atoms with E-state index in [0.29, 0.717) is 25.1 Å². The van der Waals surface area contributed by atoms with Crippen molar-refractivity contribution in [3.63, 3.8) is 0 Å². The fraction of sp³-hybridized carbons (Fsp3) is 0.258. The van der Waals surface area contributed by atoms with E-state index in [1.807, 2.05) is 78.6 Å². The van der Waals surface area contributed by atoms with Crippen molar-refractivity contribution < 1.29 is 9.59 Å². The molecule has 6 rings (SSSR count). The smallest absolute Gasteiger partial charge is 0.253 e. The van der Waals surface area contributed by atoms with Crippen LogP contribution in [-0.2, 0) is 11.2 Å². The van der Waals surface area contributed by atoms with Gasteiger partial charge in [-0.25, -0.2) is 4.98 Å². The van der Waals surface area contributed by atoms with Crippen molar-refractivity contribution >= 4 is 28.2 Å². The molecule has 0 radical (unpaired) electrons. The summed E-state index contributed by atoms with van der Waals surface area (Å²) in [7, 11) is 3.92. The first-order chi connectivity index (χ1) is 19.5. The molecule has 1 amide bonds. The lowest BCUT2D eigenvalue weighted by Crippen LogP contribution is -2.28. The first kappa shape index (κ1) is 25.6. The topological polar surface area (TPSA) is 99.5 Å². The molecule has 40 heavy (non-hydrogen) atoms. The molecule has 9 nitrogen and oxygen atoms in total. The molecule has 1 atom stereocenters. The van der Waals surface area contributed by atoms with Gasteiger partial charge in [-0.15, -0.1) is 0 Å². The average Bonchev–Trinajstić information content (AvgIpc) is 3.71. The largest absolute Gasteiger partial charge is 0.343 e. The van der Waals surface area contributed by atoms with E-state index in [2.05, 4.69) is 26.2 Å². The molecular weight excluding hydrogens is 502 g/mol. The first-order valence-electron chi connectivity index (χ1n) is 13.5. The second-order valence-corrected chi connectivity index (χ2v) is 10.5. The van der Waals surface area contributed by atoms with Gasteiger partial charge in [0.2, 0.25) is 0 Å². The number of H-pyrrole nitrogens is 1. The Hall–Kier alpha value is -4.63. The Kier molecular flexibility index (Phi) is 6.96. The lowest BCUT2D eigenvalue weighted by Gasteiger charge is -2.16. The van der Waals surface area contributed by atoms with Gasteiger partial charge in [0.1, 0.15) is 5.65 Å². The van der Waals surface area contributed by atoms with E-state index < -0.39 is 0 Å². The molecule has 0 spiro atoms. The third-order valence-electron chi connectivity index (χ3n) is 7.42. The summed E-state index contributed by atoms with van der Waals surface area (Å²) < 4.78 is 1.63. The van der Waals surface area contributed by atoms with Gasteiger partial charge in [0.25, 0.3) is 5.91 Å². The van der Waals surface area contributed by atoms with Crippen molar-refractivity contribution in [1.29, 1.82) is 0 Å². The normalized spacial score (nSPS) is 15.7. The minimum absolute atomic E-state index is 0.0139. The first-order valence-corrected chi connectivity index (χ1v) is 13.5. The molecule has 0 bridgehead atoms. The number of amides is 1. The van der Waals surface area contributed by atoms with Crippen molar-refractivity contribution in [2.24, 2.45) is 0 Å². The lowest BCUT2D eigenvalue weighted by atomic mass is 10.0. The number of hydrogen-bond donors (Lipinski definition) is 1. The summed E-state index contributed by atoms with van der Waals surface area (Å²) in [6.07, 6.45) is 10.1. The number of carbonyl (C=O) groups is 2. The number of hydrogen-bond acceptors (Lipinski definition) is 6. The molecule has 0 aliphatic carbocycles. The zero-order chi connectivity index (χ0) is 27.6. The van der Waals surface area contributed by atoms with Crippen molar-refractivity contribution in [2.45, 2.75) is 18.8 Å². The Morgan fingerprint density at radius 3 is 2.75 bits per heavy atom. The summed E-state index contributed by atoms with van der Waals surface area (Å²) in [6.45, 7) is 2.06. The second kappa shape index (κ2) is 10.9. The van der Waals surface area contributed by atoms with Gasteiger partial charge in [-0.2, -0.15) is 14.8 Å². The van der Waals surface area contributed by atoms with Crippen LogP contribution in [0.25, 0.3) is 27.7 Å². The predicted molar refractivity (Wildman–Crippen MR) is 154 cm³/mol. The summed E-state index contributed by atoms with van der Waals surface area (Å²) >= 11 is 0. The quantitative estimate of drug-likeness (QED) is 0.301. The molecule has 1 aliphatic heterocycles. The van der Waals surface area contributed by atoms with Crippen molar-refractivity contribution in [3.8, 4) is 11.1 Å². The van der Waals surface area contributed by atoms with E-state index in [0.717, 1.165) is 51.9 Å². The Balaban J connectivity index is 1.14. The third-order valence-corrected chi connectivity index (χ3v) is 7.42. The molecule has 1 aromatic carbocycles. The van der Waals surface area contributed by atoms with Crippen LogP contribution in [-0.4, -0.2) is 80.0 Å². The number of likely N-dealkylation sites (N-methyl/N-ethyl adjacent to an activating group) is 1. The fourth-order valence-corrected chi connectivity index (χ4v) is 5.34. The van der Waals surface area contributed by atoms with Crippen LogP contribution >= 0.6 is 0 Å². The van der Waals surface area contributed by atoms with Gasteiger partial charge in [0, 0.05) is 66.6 Å². The van der Waals surface area contributed by atoms with E-state index in [9.17, 15) is 9.59 Å². The van der Waals surface area contributed by atoms with Crippen LogP contribution in [0.15, 0.2) is 79.3 Å². The van der Waals surface area contributed by atoms with Gasteiger partial charge in [-0.05, 0) is 74.1 Å². The van der Waals surface area contributed by atoms with Crippen LogP contribution in [0.5, 0.6) is 0 Å².